The molecule has 1 aliphatic rings. The van der Waals surface area contributed by atoms with Crippen LogP contribution in [-0.2, 0) is 0 Å². The number of aryl methyl sites for hydroxylation is 1. The van der Waals surface area contributed by atoms with Gasteiger partial charge in [0.25, 0.3) is 5.91 Å². The first-order valence-corrected chi connectivity index (χ1v) is 9.55. The summed E-state index contributed by atoms with van der Waals surface area (Å²) >= 11 is 0. The molecule has 1 aliphatic carbocycles. The number of amides is 1. The zero-order valence-electron chi connectivity index (χ0n) is 15.7. The third-order valence-corrected chi connectivity index (χ3v) is 4.99. The number of hydrogen-bond acceptors (Lipinski definition) is 4. The lowest BCUT2D eigenvalue weighted by Gasteiger charge is -2.09. The molecule has 0 bridgehead atoms. The molecule has 0 radical (unpaired) electrons. The lowest BCUT2D eigenvalue weighted by molar-refractivity contribution is 0.0932. The minimum atomic E-state index is -0.116. The molecule has 2 heterocycles. The summed E-state index contributed by atoms with van der Waals surface area (Å²) in [5.41, 5.74) is 3.88. The van der Waals surface area contributed by atoms with Crippen LogP contribution in [0.3, 0.4) is 0 Å². The zero-order valence-corrected chi connectivity index (χ0v) is 15.7. The molecule has 0 unspecified atom stereocenters. The summed E-state index contributed by atoms with van der Waals surface area (Å²) in [4.78, 5) is 17.2. The summed E-state index contributed by atoms with van der Waals surface area (Å²) in [7, 11) is 0. The van der Waals surface area contributed by atoms with Gasteiger partial charge < -0.3 is 10.1 Å². The SMILES string of the molecule is CCOc1ccc(-c2cc(C)n3nc(C(=O)NC4CCCC4)cc3n2)cc1. The van der Waals surface area contributed by atoms with E-state index in [1.54, 1.807) is 10.6 Å². The fourth-order valence-corrected chi connectivity index (χ4v) is 3.60. The molecular formula is C21H24N4O2. The predicted octanol–water partition coefficient (Wildman–Crippen LogP) is 3.78. The Labute approximate surface area is 158 Å². The van der Waals surface area contributed by atoms with Crippen molar-refractivity contribution in [1.82, 2.24) is 19.9 Å². The molecule has 6 heteroatoms. The topological polar surface area (TPSA) is 68.5 Å². The maximum Gasteiger partial charge on any atom is 0.272 e. The second-order valence-electron chi connectivity index (χ2n) is 6.99. The van der Waals surface area contributed by atoms with E-state index < -0.39 is 0 Å². The molecule has 1 fully saturated rings. The number of aromatic nitrogens is 3. The molecule has 0 aliphatic heterocycles. The van der Waals surface area contributed by atoms with Crippen LogP contribution in [0.25, 0.3) is 16.9 Å². The summed E-state index contributed by atoms with van der Waals surface area (Å²) in [6.45, 7) is 4.58. The minimum Gasteiger partial charge on any atom is -0.494 e. The fraction of sp³-hybridized carbons (Fsp3) is 0.381. The molecule has 0 saturated heterocycles. The molecule has 140 valence electrons. The van der Waals surface area contributed by atoms with Crippen LogP contribution >= 0.6 is 0 Å². The average Bonchev–Trinajstić information content (AvgIpc) is 3.32. The van der Waals surface area contributed by atoms with Crippen molar-refractivity contribution in [3.8, 4) is 17.0 Å². The highest BCUT2D eigenvalue weighted by Crippen LogP contribution is 2.23. The van der Waals surface area contributed by atoms with Crippen molar-refractivity contribution in [1.29, 1.82) is 0 Å². The van der Waals surface area contributed by atoms with Gasteiger partial charge in [0, 0.05) is 23.4 Å². The monoisotopic (exact) mass is 364 g/mol. The summed E-state index contributed by atoms with van der Waals surface area (Å²) < 4.78 is 7.22. The quantitative estimate of drug-likeness (QED) is 0.748. The van der Waals surface area contributed by atoms with Crippen LogP contribution in [0.1, 0.15) is 48.8 Å². The Morgan fingerprint density at radius 2 is 1.96 bits per heavy atom. The molecule has 0 spiro atoms. The van der Waals surface area contributed by atoms with Gasteiger partial charge in [-0.25, -0.2) is 9.50 Å². The molecule has 0 atom stereocenters. The standard InChI is InChI=1S/C21H24N4O2/c1-3-27-17-10-8-15(9-11-17)18-12-14(2)25-20(23-18)13-19(24-25)21(26)22-16-6-4-5-7-16/h8-13,16H,3-7H2,1-2H3,(H,22,26). The number of ether oxygens (including phenoxy) is 1. The summed E-state index contributed by atoms with van der Waals surface area (Å²) in [5, 5.41) is 7.53. The molecule has 3 aromatic rings. The highest BCUT2D eigenvalue weighted by molar-refractivity contribution is 5.93. The molecule has 6 nitrogen and oxygen atoms in total. The van der Waals surface area contributed by atoms with Crippen LogP contribution in [-0.4, -0.2) is 33.2 Å². The van der Waals surface area contributed by atoms with Crippen molar-refractivity contribution in [2.75, 3.05) is 6.61 Å². The number of carbonyl (C=O) groups excluding carboxylic acids is 1. The lowest BCUT2D eigenvalue weighted by Crippen LogP contribution is -2.32. The van der Waals surface area contributed by atoms with Gasteiger partial charge in [-0.2, -0.15) is 5.10 Å². The third-order valence-electron chi connectivity index (χ3n) is 4.99. The molecule has 1 amide bonds. The largest absolute Gasteiger partial charge is 0.494 e. The number of nitrogens with zero attached hydrogens (tertiary/aromatic N) is 3. The second-order valence-corrected chi connectivity index (χ2v) is 6.99. The van der Waals surface area contributed by atoms with Crippen molar-refractivity contribution >= 4 is 11.6 Å². The van der Waals surface area contributed by atoms with Gasteiger partial charge in [-0.1, -0.05) is 12.8 Å². The van der Waals surface area contributed by atoms with E-state index in [1.165, 1.54) is 12.8 Å². The van der Waals surface area contributed by atoms with Gasteiger partial charge in [-0.15, -0.1) is 0 Å². The van der Waals surface area contributed by atoms with Crippen LogP contribution in [0.2, 0.25) is 0 Å². The second kappa shape index (κ2) is 7.39. The number of benzene rings is 1. The Morgan fingerprint density at radius 3 is 2.67 bits per heavy atom. The van der Waals surface area contributed by atoms with Gasteiger partial charge >= 0.3 is 0 Å². The highest BCUT2D eigenvalue weighted by Gasteiger charge is 2.20. The summed E-state index contributed by atoms with van der Waals surface area (Å²) in [5.74, 6) is 0.726. The smallest absolute Gasteiger partial charge is 0.272 e. The number of carbonyl (C=O) groups is 1. The number of nitrogens with one attached hydrogen (secondary N) is 1. The molecule has 27 heavy (non-hydrogen) atoms. The summed E-state index contributed by atoms with van der Waals surface area (Å²) in [6, 6.07) is 11.9. The molecule has 1 saturated carbocycles. The van der Waals surface area contributed by atoms with E-state index in [0.717, 1.165) is 35.5 Å². The molecule has 1 aromatic carbocycles. The highest BCUT2D eigenvalue weighted by atomic mass is 16.5. The van der Waals surface area contributed by atoms with Crippen molar-refractivity contribution in [2.45, 2.75) is 45.6 Å². The number of fused-ring (bicyclic) bond motifs is 1. The Bertz CT molecular complexity index is 956. The van der Waals surface area contributed by atoms with E-state index in [4.69, 9.17) is 9.72 Å². The Kier molecular flexibility index (Phi) is 4.79. The first kappa shape index (κ1) is 17.5. The predicted molar refractivity (Wildman–Crippen MR) is 104 cm³/mol. The van der Waals surface area contributed by atoms with Crippen molar-refractivity contribution < 1.29 is 9.53 Å². The number of hydrogen-bond donors (Lipinski definition) is 1. The van der Waals surface area contributed by atoms with E-state index in [9.17, 15) is 4.79 Å². The molecule has 4 rings (SSSR count). The van der Waals surface area contributed by atoms with Gasteiger partial charge in [-0.3, -0.25) is 4.79 Å². The average molecular weight is 364 g/mol. The normalized spacial score (nSPS) is 14.6. The van der Waals surface area contributed by atoms with E-state index in [2.05, 4.69) is 10.4 Å². The van der Waals surface area contributed by atoms with Crippen molar-refractivity contribution in [3.05, 3.63) is 47.8 Å². The van der Waals surface area contributed by atoms with Gasteiger partial charge in [-0.05, 0) is 57.0 Å². The molecule has 2 aromatic heterocycles. The first-order chi connectivity index (χ1) is 13.1. The van der Waals surface area contributed by atoms with Crippen LogP contribution < -0.4 is 10.1 Å². The lowest BCUT2D eigenvalue weighted by atomic mass is 10.1. The minimum absolute atomic E-state index is 0.116. The van der Waals surface area contributed by atoms with Crippen molar-refractivity contribution in [3.63, 3.8) is 0 Å². The van der Waals surface area contributed by atoms with E-state index >= 15 is 0 Å². The van der Waals surface area contributed by atoms with E-state index in [-0.39, 0.29) is 11.9 Å². The molecule has 1 N–H and O–H groups in total. The van der Waals surface area contributed by atoms with Crippen molar-refractivity contribution in [2.24, 2.45) is 0 Å². The van der Waals surface area contributed by atoms with Crippen LogP contribution in [0.4, 0.5) is 0 Å². The fourth-order valence-electron chi connectivity index (χ4n) is 3.60. The first-order valence-electron chi connectivity index (χ1n) is 9.55. The van der Waals surface area contributed by atoms with Crippen LogP contribution in [0.15, 0.2) is 36.4 Å². The van der Waals surface area contributed by atoms with Crippen LogP contribution in [0, 0.1) is 6.92 Å². The Hall–Kier alpha value is -2.89. The summed E-state index contributed by atoms with van der Waals surface area (Å²) in [6.07, 6.45) is 4.47. The van der Waals surface area contributed by atoms with Gasteiger partial charge in [0.05, 0.1) is 12.3 Å². The maximum atomic E-state index is 12.5. The van der Waals surface area contributed by atoms with Crippen LogP contribution in [0.5, 0.6) is 5.75 Å². The van der Waals surface area contributed by atoms with E-state index in [0.29, 0.717) is 17.9 Å². The third kappa shape index (κ3) is 3.65. The Morgan fingerprint density at radius 1 is 1.22 bits per heavy atom. The zero-order chi connectivity index (χ0) is 18.8. The van der Waals surface area contributed by atoms with Gasteiger partial charge in [0.2, 0.25) is 0 Å². The maximum absolute atomic E-state index is 12.5. The van der Waals surface area contributed by atoms with Gasteiger partial charge in [0.15, 0.2) is 11.3 Å². The number of rotatable bonds is 5. The van der Waals surface area contributed by atoms with Gasteiger partial charge in [0.1, 0.15) is 5.75 Å². The Balaban J connectivity index is 1.61. The molecular weight excluding hydrogens is 340 g/mol. The van der Waals surface area contributed by atoms with E-state index in [1.807, 2.05) is 44.2 Å².